The van der Waals surface area contributed by atoms with E-state index in [9.17, 15) is 9.59 Å². The molecule has 0 N–H and O–H groups in total. The molecule has 1 aliphatic rings. The molecule has 0 bridgehead atoms. The Bertz CT molecular complexity index is 442. The van der Waals surface area contributed by atoms with Gasteiger partial charge in [0, 0.05) is 44.3 Å². The monoisotopic (exact) mass is 263 g/mol. The Morgan fingerprint density at radius 2 is 1.84 bits per heavy atom. The Kier molecular flexibility index (Phi) is 4.33. The summed E-state index contributed by atoms with van der Waals surface area (Å²) in [6.45, 7) is 2.77. The highest BCUT2D eigenvalue weighted by atomic mass is 16.5. The smallest absolute Gasteiger partial charge is 0.315 e. The van der Waals surface area contributed by atoms with Crippen molar-refractivity contribution in [2.24, 2.45) is 0 Å². The number of piperazine rings is 1. The summed E-state index contributed by atoms with van der Waals surface area (Å²) in [5.41, 5.74) is 1.11. The van der Waals surface area contributed by atoms with E-state index in [2.05, 4.69) is 14.6 Å². The van der Waals surface area contributed by atoms with Crippen molar-refractivity contribution in [2.45, 2.75) is 6.42 Å². The van der Waals surface area contributed by atoms with Gasteiger partial charge >= 0.3 is 5.97 Å². The van der Waals surface area contributed by atoms with Crippen LogP contribution in [-0.4, -0.2) is 55.0 Å². The summed E-state index contributed by atoms with van der Waals surface area (Å²) in [4.78, 5) is 30.8. The summed E-state index contributed by atoms with van der Waals surface area (Å²) in [5.74, 6) is -0.650. The molecule has 19 heavy (non-hydrogen) atoms. The second-order valence-electron chi connectivity index (χ2n) is 4.33. The predicted octanol–water partition coefficient (Wildman–Crippen LogP) is 0.293. The van der Waals surface area contributed by atoms with E-state index in [1.54, 1.807) is 17.3 Å². The van der Waals surface area contributed by atoms with Gasteiger partial charge in [-0.15, -0.1) is 0 Å². The molecule has 0 atom stereocenters. The molecular weight excluding hydrogens is 246 g/mol. The number of aromatic nitrogens is 1. The van der Waals surface area contributed by atoms with Gasteiger partial charge in [-0.1, -0.05) is 0 Å². The lowest BCUT2D eigenvalue weighted by Gasteiger charge is -2.35. The van der Waals surface area contributed by atoms with E-state index in [-0.39, 0.29) is 12.3 Å². The lowest BCUT2D eigenvalue weighted by Crippen LogP contribution is -2.49. The SMILES string of the molecule is COC(=O)CC(=O)N1CCN(c2ccncc2)CC1. The fourth-order valence-electron chi connectivity index (χ4n) is 2.08. The number of anilines is 1. The summed E-state index contributed by atoms with van der Waals surface area (Å²) in [6.07, 6.45) is 3.33. The van der Waals surface area contributed by atoms with Crippen LogP contribution >= 0.6 is 0 Å². The van der Waals surface area contributed by atoms with Crippen LogP contribution in [0.15, 0.2) is 24.5 Å². The number of rotatable bonds is 3. The fourth-order valence-corrected chi connectivity index (χ4v) is 2.08. The third-order valence-electron chi connectivity index (χ3n) is 3.18. The zero-order valence-electron chi connectivity index (χ0n) is 10.9. The molecule has 0 aliphatic carbocycles. The van der Waals surface area contributed by atoms with E-state index < -0.39 is 5.97 Å². The van der Waals surface area contributed by atoms with E-state index >= 15 is 0 Å². The average molecular weight is 263 g/mol. The molecule has 1 saturated heterocycles. The normalized spacial score (nSPS) is 15.2. The van der Waals surface area contributed by atoms with Crippen molar-refractivity contribution in [3.05, 3.63) is 24.5 Å². The van der Waals surface area contributed by atoms with Gasteiger partial charge in [-0.3, -0.25) is 14.6 Å². The van der Waals surface area contributed by atoms with Crippen molar-refractivity contribution in [1.29, 1.82) is 0 Å². The number of pyridine rings is 1. The summed E-state index contributed by atoms with van der Waals surface area (Å²) in [7, 11) is 1.29. The molecule has 2 heterocycles. The standard InChI is InChI=1S/C13H17N3O3/c1-19-13(18)10-12(17)16-8-6-15(7-9-16)11-2-4-14-5-3-11/h2-5H,6-10H2,1H3. The van der Waals surface area contributed by atoms with Crippen LogP contribution < -0.4 is 4.90 Å². The Hall–Kier alpha value is -2.11. The minimum atomic E-state index is -0.485. The molecule has 1 fully saturated rings. The minimum absolute atomic E-state index is 0.166. The first-order valence-corrected chi connectivity index (χ1v) is 6.20. The molecule has 0 unspecified atom stereocenters. The first-order chi connectivity index (χ1) is 9.20. The number of ether oxygens (including phenoxy) is 1. The Labute approximate surface area is 112 Å². The van der Waals surface area contributed by atoms with Gasteiger partial charge in [0.15, 0.2) is 0 Å². The maximum Gasteiger partial charge on any atom is 0.315 e. The number of esters is 1. The molecular formula is C13H17N3O3. The number of carbonyl (C=O) groups is 2. The van der Waals surface area contributed by atoms with Crippen LogP contribution in [0.1, 0.15) is 6.42 Å². The first-order valence-electron chi connectivity index (χ1n) is 6.20. The van der Waals surface area contributed by atoms with E-state index in [1.165, 1.54) is 7.11 Å². The van der Waals surface area contributed by atoms with Crippen LogP contribution in [0.5, 0.6) is 0 Å². The molecule has 6 nitrogen and oxygen atoms in total. The number of methoxy groups -OCH3 is 1. The number of hydrogen-bond acceptors (Lipinski definition) is 5. The van der Waals surface area contributed by atoms with Gasteiger partial charge in [0.1, 0.15) is 6.42 Å². The molecule has 1 aliphatic heterocycles. The van der Waals surface area contributed by atoms with Crippen molar-refractivity contribution in [1.82, 2.24) is 9.88 Å². The van der Waals surface area contributed by atoms with Crippen molar-refractivity contribution >= 4 is 17.6 Å². The highest BCUT2D eigenvalue weighted by Gasteiger charge is 2.22. The topological polar surface area (TPSA) is 62.7 Å². The van der Waals surface area contributed by atoms with Crippen molar-refractivity contribution in [3.63, 3.8) is 0 Å². The zero-order chi connectivity index (χ0) is 13.7. The van der Waals surface area contributed by atoms with Gasteiger partial charge in [0.05, 0.1) is 7.11 Å². The summed E-state index contributed by atoms with van der Waals surface area (Å²) in [5, 5.41) is 0. The molecule has 0 aromatic carbocycles. The number of hydrogen-bond donors (Lipinski definition) is 0. The molecule has 0 radical (unpaired) electrons. The quantitative estimate of drug-likeness (QED) is 0.579. The highest BCUT2D eigenvalue weighted by Crippen LogP contribution is 2.15. The minimum Gasteiger partial charge on any atom is -0.469 e. The Balaban J connectivity index is 1.86. The number of nitrogens with zero attached hydrogens (tertiary/aromatic N) is 3. The van der Waals surface area contributed by atoms with Gasteiger partial charge in [-0.05, 0) is 12.1 Å². The van der Waals surface area contributed by atoms with E-state index in [0.29, 0.717) is 13.1 Å². The number of amides is 1. The predicted molar refractivity (Wildman–Crippen MR) is 69.7 cm³/mol. The molecule has 1 aromatic heterocycles. The van der Waals surface area contributed by atoms with Gasteiger partial charge < -0.3 is 14.5 Å². The van der Waals surface area contributed by atoms with Gasteiger partial charge in [0.25, 0.3) is 0 Å². The van der Waals surface area contributed by atoms with Crippen LogP contribution in [-0.2, 0) is 14.3 Å². The van der Waals surface area contributed by atoms with Gasteiger partial charge in [0.2, 0.25) is 5.91 Å². The molecule has 6 heteroatoms. The van der Waals surface area contributed by atoms with Crippen molar-refractivity contribution in [2.75, 3.05) is 38.2 Å². The van der Waals surface area contributed by atoms with E-state index in [4.69, 9.17) is 0 Å². The Morgan fingerprint density at radius 1 is 1.21 bits per heavy atom. The van der Waals surface area contributed by atoms with Gasteiger partial charge in [-0.25, -0.2) is 0 Å². The van der Waals surface area contributed by atoms with E-state index in [0.717, 1.165) is 18.8 Å². The second kappa shape index (κ2) is 6.17. The molecule has 0 spiro atoms. The summed E-state index contributed by atoms with van der Waals surface area (Å²) in [6, 6.07) is 3.90. The highest BCUT2D eigenvalue weighted by molar-refractivity contribution is 5.94. The second-order valence-corrected chi connectivity index (χ2v) is 4.33. The molecule has 2 rings (SSSR count). The Morgan fingerprint density at radius 3 is 2.42 bits per heavy atom. The zero-order valence-corrected chi connectivity index (χ0v) is 10.9. The maximum absolute atomic E-state index is 11.8. The van der Waals surface area contributed by atoms with Crippen LogP contribution in [0, 0.1) is 0 Å². The molecule has 102 valence electrons. The van der Waals surface area contributed by atoms with Gasteiger partial charge in [-0.2, -0.15) is 0 Å². The van der Waals surface area contributed by atoms with Crippen molar-refractivity contribution < 1.29 is 14.3 Å². The average Bonchev–Trinajstić information content (AvgIpc) is 2.48. The number of carbonyl (C=O) groups excluding carboxylic acids is 2. The lowest BCUT2D eigenvalue weighted by molar-refractivity contribution is -0.146. The third-order valence-corrected chi connectivity index (χ3v) is 3.18. The molecule has 1 amide bonds. The summed E-state index contributed by atoms with van der Waals surface area (Å²) >= 11 is 0. The van der Waals surface area contributed by atoms with Crippen LogP contribution in [0.3, 0.4) is 0 Å². The summed E-state index contributed by atoms with van der Waals surface area (Å²) < 4.78 is 4.50. The first kappa shape index (κ1) is 13.3. The fraction of sp³-hybridized carbons (Fsp3) is 0.462. The van der Waals surface area contributed by atoms with E-state index in [1.807, 2.05) is 12.1 Å². The van der Waals surface area contributed by atoms with Crippen LogP contribution in [0.25, 0.3) is 0 Å². The molecule has 1 aromatic rings. The largest absolute Gasteiger partial charge is 0.469 e. The maximum atomic E-state index is 11.8. The van der Waals surface area contributed by atoms with Crippen molar-refractivity contribution in [3.8, 4) is 0 Å². The molecule has 0 saturated carbocycles. The third kappa shape index (κ3) is 3.43. The van der Waals surface area contributed by atoms with Crippen LogP contribution in [0.2, 0.25) is 0 Å². The van der Waals surface area contributed by atoms with Crippen LogP contribution in [0.4, 0.5) is 5.69 Å². The lowest BCUT2D eigenvalue weighted by atomic mass is 10.2.